The summed E-state index contributed by atoms with van der Waals surface area (Å²) in [5, 5.41) is 0. The van der Waals surface area contributed by atoms with Crippen molar-refractivity contribution < 1.29 is 21.1 Å². The van der Waals surface area contributed by atoms with Gasteiger partial charge in [0.05, 0.1) is 0 Å². The second-order valence-electron chi connectivity index (χ2n) is 5.25. The van der Waals surface area contributed by atoms with Crippen molar-refractivity contribution in [2.24, 2.45) is 0 Å². The number of hydrogen-bond donors (Lipinski definition) is 0. The van der Waals surface area contributed by atoms with E-state index in [0.29, 0.717) is 0 Å². The Labute approximate surface area is 122 Å². The number of rotatable bonds is 14. The molecule has 0 saturated heterocycles. The first-order valence-corrected chi connectivity index (χ1v) is 8.97. The predicted molar refractivity (Wildman–Crippen MR) is 75.1 cm³/mol. The van der Waals surface area contributed by atoms with Crippen LogP contribution in [-0.2, 0) is 21.1 Å². The molecule has 0 atom stereocenters. The van der Waals surface area contributed by atoms with Gasteiger partial charge in [0, 0.05) is 0 Å². The van der Waals surface area contributed by atoms with E-state index < -0.39 is 0 Å². The van der Waals surface area contributed by atoms with Gasteiger partial charge in [-0.3, -0.25) is 0 Å². The summed E-state index contributed by atoms with van der Waals surface area (Å²) < 4.78 is 1.18. The van der Waals surface area contributed by atoms with Gasteiger partial charge in [-0.25, -0.2) is 0 Å². The number of hydrogen-bond acceptors (Lipinski definition) is 0. The zero-order valence-corrected chi connectivity index (χ0v) is 13.4. The Hall–Kier alpha value is 0.740. The molecule has 0 radical (unpaired) electrons. The Bertz CT molecular complexity index is 109. The number of unbranched alkanes of at least 4 members (excludes halogenated alkanes) is 13. The first-order chi connectivity index (χ1) is 8.41. The van der Waals surface area contributed by atoms with Gasteiger partial charge in [-0.1, -0.05) is 26.2 Å². The quantitative estimate of drug-likeness (QED) is 0.254. The second kappa shape index (κ2) is 16.7. The molecule has 0 saturated carbocycles. The van der Waals surface area contributed by atoms with E-state index in [1.165, 1.54) is 94.5 Å². The van der Waals surface area contributed by atoms with Gasteiger partial charge in [-0.2, -0.15) is 0 Å². The van der Waals surface area contributed by atoms with Crippen LogP contribution in [0.1, 0.15) is 96.8 Å². The van der Waals surface area contributed by atoms with Gasteiger partial charge in [0.1, 0.15) is 0 Å². The third-order valence-electron chi connectivity index (χ3n) is 3.46. The van der Waals surface area contributed by atoms with Gasteiger partial charge >= 0.3 is 96.3 Å². The average molecular weight is 333 g/mol. The fourth-order valence-corrected chi connectivity index (χ4v) is 2.64. The molecule has 0 fully saturated rings. The third-order valence-corrected chi connectivity index (χ3v) is 3.98. The van der Waals surface area contributed by atoms with E-state index in [2.05, 4.69) is 28.0 Å². The fraction of sp³-hybridized carbons (Fsp3) is 1.00. The molecular weight excluding hydrogens is 300 g/mol. The molecule has 0 aliphatic rings. The molecule has 0 N–H and O–H groups in total. The van der Waals surface area contributed by atoms with Crippen molar-refractivity contribution in [1.82, 2.24) is 0 Å². The molecule has 0 aliphatic heterocycles. The van der Waals surface area contributed by atoms with E-state index in [9.17, 15) is 0 Å². The molecule has 0 aromatic rings. The summed E-state index contributed by atoms with van der Waals surface area (Å²) in [6.45, 7) is 2.29. The van der Waals surface area contributed by atoms with Gasteiger partial charge in [-0.15, -0.1) is 0 Å². The van der Waals surface area contributed by atoms with E-state index >= 15 is 0 Å². The molecule has 1 heteroatoms. The molecule has 0 aliphatic carbocycles. The maximum atomic E-state index is 3.50. The van der Waals surface area contributed by atoms with Crippen molar-refractivity contribution in [2.45, 2.75) is 101 Å². The van der Waals surface area contributed by atoms with E-state index in [-0.39, 0.29) is 0 Å². The minimum atomic E-state index is 1.18. The van der Waals surface area contributed by atoms with Crippen LogP contribution in [0.2, 0.25) is 4.64 Å². The van der Waals surface area contributed by atoms with Crippen molar-refractivity contribution in [3.8, 4) is 0 Å². The van der Waals surface area contributed by atoms with Gasteiger partial charge in [0.15, 0.2) is 0 Å². The van der Waals surface area contributed by atoms with Crippen LogP contribution in [0.3, 0.4) is 0 Å². The van der Waals surface area contributed by atoms with E-state index in [4.69, 9.17) is 0 Å². The Kier molecular flexibility index (Phi) is 17.5. The van der Waals surface area contributed by atoms with Crippen LogP contribution < -0.4 is 0 Å². The predicted octanol–water partition coefficient (Wildman–Crippen LogP) is 6.43. The van der Waals surface area contributed by atoms with Crippen LogP contribution >= 0.6 is 0 Å². The summed E-state index contributed by atoms with van der Waals surface area (Å²) in [5.74, 6) is 0. The van der Waals surface area contributed by atoms with Crippen LogP contribution in [0.4, 0.5) is 0 Å². The summed E-state index contributed by atoms with van der Waals surface area (Å²) in [6, 6.07) is 0. The van der Waals surface area contributed by atoms with Crippen LogP contribution in [0.15, 0.2) is 0 Å². The van der Waals surface area contributed by atoms with Crippen molar-refractivity contribution in [1.29, 1.82) is 0 Å². The normalized spacial score (nSPS) is 11.0. The second-order valence-corrected chi connectivity index (χ2v) is 5.99. The van der Waals surface area contributed by atoms with E-state index in [1.54, 1.807) is 0 Å². The topological polar surface area (TPSA) is 0 Å². The molecule has 0 heterocycles. The first-order valence-electron chi connectivity index (χ1n) is 7.92. The molecule has 0 nitrogen and oxygen atoms in total. The molecule has 0 rings (SSSR count). The summed E-state index contributed by atoms with van der Waals surface area (Å²) in [5.41, 5.74) is 0. The van der Waals surface area contributed by atoms with Gasteiger partial charge < -0.3 is 0 Å². The molecule has 108 valence electrons. The van der Waals surface area contributed by atoms with Crippen molar-refractivity contribution >= 4 is 0 Å². The van der Waals surface area contributed by atoms with E-state index in [0.717, 1.165) is 0 Å². The SMILES string of the molecule is CCCCCCCCCCCCCCC[CH2][Ag]. The Morgan fingerprint density at radius 2 is 0.765 bits per heavy atom. The molecule has 17 heavy (non-hydrogen) atoms. The molecule has 0 amide bonds. The van der Waals surface area contributed by atoms with Gasteiger partial charge in [0.25, 0.3) is 0 Å². The summed E-state index contributed by atoms with van der Waals surface area (Å²) in [6.07, 6.45) is 20.3. The van der Waals surface area contributed by atoms with Gasteiger partial charge in [-0.05, 0) is 0 Å². The minimum absolute atomic E-state index is 1.18. The zero-order chi connectivity index (χ0) is 12.6. The molecule has 0 aromatic carbocycles. The summed E-state index contributed by atoms with van der Waals surface area (Å²) in [7, 11) is 0. The molecule has 0 aromatic heterocycles. The molecule has 0 unspecified atom stereocenters. The summed E-state index contributed by atoms with van der Waals surface area (Å²) >= 11 is 3.50. The fourth-order valence-electron chi connectivity index (χ4n) is 2.27. The van der Waals surface area contributed by atoms with E-state index in [1.807, 2.05) is 0 Å². The van der Waals surface area contributed by atoms with Crippen LogP contribution in [0.25, 0.3) is 0 Å². The van der Waals surface area contributed by atoms with Gasteiger partial charge in [0.2, 0.25) is 0 Å². The third kappa shape index (κ3) is 16.7. The monoisotopic (exact) mass is 332 g/mol. The summed E-state index contributed by atoms with van der Waals surface area (Å²) in [4.78, 5) is 0. The average Bonchev–Trinajstić information content (AvgIpc) is 2.35. The van der Waals surface area contributed by atoms with Crippen molar-refractivity contribution in [3.05, 3.63) is 0 Å². The van der Waals surface area contributed by atoms with Crippen LogP contribution in [0, 0.1) is 0 Å². The van der Waals surface area contributed by atoms with Crippen LogP contribution in [0.5, 0.6) is 0 Å². The Morgan fingerprint density at radius 3 is 1.06 bits per heavy atom. The molecule has 0 bridgehead atoms. The molecular formula is C16H33Ag. The Balaban J connectivity index is 2.85. The first kappa shape index (κ1) is 17.7. The van der Waals surface area contributed by atoms with Crippen molar-refractivity contribution in [3.63, 3.8) is 0 Å². The maximum absolute atomic E-state index is 3.50. The standard InChI is InChI=1S/C16H33.Ag/c1-3-5-7-9-11-13-15-16-14-12-10-8-6-4-2;/h1,3-16H2,2H3;. The zero-order valence-electron chi connectivity index (χ0n) is 11.9. The Morgan fingerprint density at radius 1 is 0.471 bits per heavy atom. The van der Waals surface area contributed by atoms with Crippen LogP contribution in [-0.4, -0.2) is 0 Å². The van der Waals surface area contributed by atoms with Crippen molar-refractivity contribution in [2.75, 3.05) is 0 Å². The molecule has 0 spiro atoms.